The number of hydrogen-bond donors (Lipinski definition) is 0. The fourth-order valence-electron chi connectivity index (χ4n) is 4.91. The first-order valence-electron chi connectivity index (χ1n) is 12.2. The van der Waals surface area contributed by atoms with E-state index in [1.165, 1.54) is 4.88 Å². The fourth-order valence-corrected chi connectivity index (χ4v) is 7.08. The van der Waals surface area contributed by atoms with Gasteiger partial charge in [0.1, 0.15) is 12.4 Å². The lowest BCUT2D eigenvalue weighted by Crippen LogP contribution is -2.43. The van der Waals surface area contributed by atoms with Gasteiger partial charge < -0.3 is 4.90 Å². The zero-order valence-corrected chi connectivity index (χ0v) is 22.4. The molecule has 1 aromatic carbocycles. The number of para-hydroxylation sites is 1. The second kappa shape index (κ2) is 9.47. The summed E-state index contributed by atoms with van der Waals surface area (Å²) in [5.74, 6) is 1.03. The molecule has 2 aliphatic heterocycles. The number of thioether (sulfide) groups is 1. The van der Waals surface area contributed by atoms with Gasteiger partial charge in [0.05, 0.1) is 22.4 Å². The van der Waals surface area contributed by atoms with Crippen LogP contribution in [0.3, 0.4) is 0 Å². The van der Waals surface area contributed by atoms with Gasteiger partial charge >= 0.3 is 0 Å². The molecule has 2 aromatic heterocycles. The van der Waals surface area contributed by atoms with Crippen LogP contribution in [0.1, 0.15) is 60.6 Å². The molecule has 35 heavy (non-hydrogen) atoms. The van der Waals surface area contributed by atoms with E-state index >= 15 is 0 Å². The summed E-state index contributed by atoms with van der Waals surface area (Å²) in [5, 5.41) is 7.24. The molecule has 0 spiro atoms. The van der Waals surface area contributed by atoms with Crippen LogP contribution in [0.25, 0.3) is 5.69 Å². The lowest BCUT2D eigenvalue weighted by Gasteiger charge is -2.26. The highest BCUT2D eigenvalue weighted by atomic mass is 32.2. The molecule has 0 unspecified atom stereocenters. The first kappa shape index (κ1) is 24.1. The molecule has 0 aliphatic carbocycles. The number of rotatable bonds is 4. The standard InChI is InChI=1S/C27H32N4O2S2/c1-18-10-5-6-11-19(18)31-26-23(25(28-31)27(2,3)4)24(20-12-9-15-34-20)35-17-22(33)30(26)16-21(32)29-13-7-8-14-29/h5-6,9-12,15,24H,7-8,13-14,16-17H2,1-4H3/t24-/m0/s1. The third kappa shape index (κ3) is 4.54. The Morgan fingerprint density at radius 1 is 1.11 bits per heavy atom. The zero-order chi connectivity index (χ0) is 24.7. The van der Waals surface area contributed by atoms with Gasteiger partial charge in [-0.2, -0.15) is 5.10 Å². The third-order valence-corrected chi connectivity index (χ3v) is 9.02. The van der Waals surface area contributed by atoms with Crippen LogP contribution in [-0.2, 0) is 15.0 Å². The topological polar surface area (TPSA) is 58.4 Å². The second-order valence-electron chi connectivity index (χ2n) is 10.3. The van der Waals surface area contributed by atoms with Crippen LogP contribution in [0.5, 0.6) is 0 Å². The molecule has 0 N–H and O–H groups in total. The Bertz CT molecular complexity index is 1240. The van der Waals surface area contributed by atoms with Crippen molar-refractivity contribution in [2.75, 3.05) is 30.3 Å². The predicted molar refractivity (Wildman–Crippen MR) is 144 cm³/mol. The van der Waals surface area contributed by atoms with Gasteiger partial charge in [0.15, 0.2) is 0 Å². The van der Waals surface area contributed by atoms with Crippen LogP contribution < -0.4 is 4.90 Å². The van der Waals surface area contributed by atoms with E-state index < -0.39 is 0 Å². The lowest BCUT2D eigenvalue weighted by atomic mass is 9.88. The monoisotopic (exact) mass is 508 g/mol. The van der Waals surface area contributed by atoms with Crippen molar-refractivity contribution in [3.63, 3.8) is 0 Å². The molecule has 4 heterocycles. The Balaban J connectivity index is 1.75. The van der Waals surface area contributed by atoms with Crippen molar-refractivity contribution < 1.29 is 9.59 Å². The number of nitrogens with zero attached hydrogens (tertiary/aromatic N) is 4. The Labute approximate surface area is 215 Å². The summed E-state index contributed by atoms with van der Waals surface area (Å²) in [6.07, 6.45) is 2.05. The third-order valence-electron chi connectivity index (χ3n) is 6.70. The maximum atomic E-state index is 13.7. The largest absolute Gasteiger partial charge is 0.341 e. The van der Waals surface area contributed by atoms with Crippen LogP contribution in [0.2, 0.25) is 0 Å². The number of thiophene rings is 1. The predicted octanol–water partition coefficient (Wildman–Crippen LogP) is 5.33. The van der Waals surface area contributed by atoms with Crippen molar-refractivity contribution in [2.24, 2.45) is 0 Å². The van der Waals surface area contributed by atoms with E-state index in [4.69, 9.17) is 5.10 Å². The summed E-state index contributed by atoms with van der Waals surface area (Å²) in [6.45, 7) is 10.1. The molecule has 3 aromatic rings. The van der Waals surface area contributed by atoms with Crippen molar-refractivity contribution in [2.45, 2.75) is 51.2 Å². The minimum absolute atomic E-state index is 0.0104. The number of hydrogen-bond acceptors (Lipinski definition) is 5. The second-order valence-corrected chi connectivity index (χ2v) is 12.4. The molecule has 184 valence electrons. The van der Waals surface area contributed by atoms with Gasteiger partial charge in [-0.25, -0.2) is 4.68 Å². The first-order chi connectivity index (χ1) is 16.8. The SMILES string of the molecule is Cc1ccccc1-n1nc(C(C)(C)C)c2c1N(CC(=O)N1CCCC1)C(=O)CS[C@H]2c1cccs1. The summed E-state index contributed by atoms with van der Waals surface area (Å²) < 4.78 is 1.92. The van der Waals surface area contributed by atoms with E-state index in [1.54, 1.807) is 28.0 Å². The molecule has 0 radical (unpaired) electrons. The molecule has 6 nitrogen and oxygen atoms in total. The number of likely N-dealkylation sites (tertiary alicyclic amines) is 1. The molecule has 2 amide bonds. The number of amides is 2. The van der Waals surface area contributed by atoms with Gasteiger partial charge in [0.25, 0.3) is 0 Å². The van der Waals surface area contributed by atoms with Crippen LogP contribution in [0.15, 0.2) is 41.8 Å². The van der Waals surface area contributed by atoms with Crippen molar-refractivity contribution >= 4 is 40.7 Å². The molecular weight excluding hydrogens is 476 g/mol. The molecule has 0 bridgehead atoms. The summed E-state index contributed by atoms with van der Waals surface area (Å²) in [6, 6.07) is 12.3. The number of carbonyl (C=O) groups excluding carboxylic acids is 2. The number of fused-ring (bicyclic) bond motifs is 1. The van der Waals surface area contributed by atoms with Gasteiger partial charge in [0.2, 0.25) is 11.8 Å². The Morgan fingerprint density at radius 2 is 1.86 bits per heavy atom. The van der Waals surface area contributed by atoms with Gasteiger partial charge in [-0.3, -0.25) is 14.5 Å². The normalized spacial score (nSPS) is 18.6. The van der Waals surface area contributed by atoms with Crippen LogP contribution >= 0.6 is 23.1 Å². The van der Waals surface area contributed by atoms with Gasteiger partial charge in [-0.05, 0) is 42.8 Å². The highest BCUT2D eigenvalue weighted by Crippen LogP contribution is 2.49. The molecule has 1 fully saturated rings. The number of anilines is 1. The molecule has 1 saturated heterocycles. The van der Waals surface area contributed by atoms with Crippen molar-refractivity contribution in [3.8, 4) is 5.69 Å². The average Bonchev–Trinajstić information content (AvgIpc) is 3.57. The van der Waals surface area contributed by atoms with Crippen LogP contribution in [0, 0.1) is 6.92 Å². The molecule has 8 heteroatoms. The van der Waals surface area contributed by atoms with Crippen molar-refractivity contribution in [1.29, 1.82) is 0 Å². The zero-order valence-electron chi connectivity index (χ0n) is 20.8. The number of carbonyl (C=O) groups is 2. The van der Waals surface area contributed by atoms with E-state index in [-0.39, 0.29) is 29.0 Å². The molecule has 1 atom stereocenters. The molecule has 0 saturated carbocycles. The van der Waals surface area contributed by atoms with Gasteiger partial charge in [0, 0.05) is 28.9 Å². The Kier molecular flexibility index (Phi) is 6.53. The highest BCUT2D eigenvalue weighted by molar-refractivity contribution is 8.00. The smallest absolute Gasteiger partial charge is 0.242 e. The fraction of sp³-hybridized carbons (Fsp3) is 0.444. The lowest BCUT2D eigenvalue weighted by molar-refractivity contribution is -0.130. The van der Waals surface area contributed by atoms with Crippen LogP contribution in [0.4, 0.5) is 5.82 Å². The number of aryl methyl sites for hydroxylation is 1. The van der Waals surface area contributed by atoms with E-state index in [2.05, 4.69) is 51.3 Å². The molecular formula is C27H32N4O2S2. The van der Waals surface area contributed by atoms with E-state index in [0.29, 0.717) is 5.75 Å². The first-order valence-corrected chi connectivity index (χ1v) is 14.1. The van der Waals surface area contributed by atoms with E-state index in [1.807, 2.05) is 27.8 Å². The van der Waals surface area contributed by atoms with Gasteiger partial charge in [-0.15, -0.1) is 23.1 Å². The number of aromatic nitrogens is 2. The van der Waals surface area contributed by atoms with Gasteiger partial charge in [-0.1, -0.05) is 45.0 Å². The van der Waals surface area contributed by atoms with Crippen molar-refractivity contribution in [1.82, 2.24) is 14.7 Å². The van der Waals surface area contributed by atoms with Crippen LogP contribution in [-0.4, -0.2) is 51.9 Å². The minimum Gasteiger partial charge on any atom is -0.341 e. The van der Waals surface area contributed by atoms with E-state index in [0.717, 1.165) is 54.3 Å². The average molecular weight is 509 g/mol. The maximum Gasteiger partial charge on any atom is 0.242 e. The Hall–Kier alpha value is -2.58. The minimum atomic E-state index is -0.244. The highest BCUT2D eigenvalue weighted by Gasteiger charge is 2.40. The summed E-state index contributed by atoms with van der Waals surface area (Å²) in [4.78, 5) is 31.8. The quantitative estimate of drug-likeness (QED) is 0.478. The summed E-state index contributed by atoms with van der Waals surface area (Å²) in [7, 11) is 0. The Morgan fingerprint density at radius 3 is 2.51 bits per heavy atom. The van der Waals surface area contributed by atoms with E-state index in [9.17, 15) is 9.59 Å². The molecule has 5 rings (SSSR count). The number of benzene rings is 1. The summed E-state index contributed by atoms with van der Waals surface area (Å²) in [5.41, 5.74) is 3.78. The molecule has 2 aliphatic rings. The summed E-state index contributed by atoms with van der Waals surface area (Å²) >= 11 is 3.34. The maximum absolute atomic E-state index is 13.7. The van der Waals surface area contributed by atoms with Crippen molar-refractivity contribution in [3.05, 3.63) is 63.5 Å².